The van der Waals surface area contributed by atoms with E-state index in [1.807, 2.05) is 6.07 Å². The molecule has 0 atom stereocenters. The second-order valence-corrected chi connectivity index (χ2v) is 6.78. The zero-order valence-electron chi connectivity index (χ0n) is 13.5. The zero-order valence-corrected chi connectivity index (χ0v) is 14.3. The quantitative estimate of drug-likeness (QED) is 0.643. The fraction of sp³-hybridized carbons (Fsp3) is 0.316. The highest BCUT2D eigenvalue weighted by molar-refractivity contribution is 7.99. The first-order valence-electron chi connectivity index (χ1n) is 7.57. The Hall–Kier alpha value is -1.74. The van der Waals surface area contributed by atoms with Crippen LogP contribution in [0.1, 0.15) is 22.3 Å². The van der Waals surface area contributed by atoms with Gasteiger partial charge in [-0.05, 0) is 49.6 Å². The molecule has 0 saturated carbocycles. The molecule has 2 aromatic carbocycles. The normalized spacial score (nSPS) is 10.5. The smallest absolute Gasteiger partial charge is 0.224 e. The lowest BCUT2D eigenvalue weighted by Crippen LogP contribution is -2.27. The Labute approximate surface area is 137 Å². The molecule has 0 fully saturated rings. The van der Waals surface area contributed by atoms with Gasteiger partial charge >= 0.3 is 0 Å². The number of hydrogen-bond donors (Lipinski definition) is 1. The van der Waals surface area contributed by atoms with Gasteiger partial charge in [-0.15, -0.1) is 11.8 Å². The van der Waals surface area contributed by atoms with Gasteiger partial charge in [0.1, 0.15) is 0 Å². The van der Waals surface area contributed by atoms with E-state index in [2.05, 4.69) is 62.5 Å². The summed E-state index contributed by atoms with van der Waals surface area (Å²) in [5.41, 5.74) is 4.84. The van der Waals surface area contributed by atoms with Crippen molar-refractivity contribution in [2.75, 3.05) is 12.3 Å². The van der Waals surface area contributed by atoms with E-state index in [-0.39, 0.29) is 5.91 Å². The molecule has 2 rings (SSSR count). The third kappa shape index (κ3) is 5.23. The Morgan fingerprint density at radius 2 is 1.73 bits per heavy atom. The Kier molecular flexibility index (Phi) is 6.08. The van der Waals surface area contributed by atoms with E-state index in [9.17, 15) is 4.79 Å². The van der Waals surface area contributed by atoms with Crippen LogP contribution in [0.2, 0.25) is 0 Å². The third-order valence-electron chi connectivity index (χ3n) is 3.65. The molecule has 22 heavy (non-hydrogen) atoms. The van der Waals surface area contributed by atoms with Crippen LogP contribution in [0.5, 0.6) is 0 Å². The standard InChI is InChI=1S/C19H23NOS/c1-14-4-8-18(9-5-14)22-11-10-20-19(21)13-17-7-6-15(2)16(3)12-17/h4-9,12H,10-11,13H2,1-3H3,(H,20,21). The average Bonchev–Trinajstić information content (AvgIpc) is 2.49. The Morgan fingerprint density at radius 3 is 2.41 bits per heavy atom. The Morgan fingerprint density at radius 1 is 1.00 bits per heavy atom. The molecule has 0 aliphatic heterocycles. The molecule has 0 aromatic heterocycles. The summed E-state index contributed by atoms with van der Waals surface area (Å²) in [4.78, 5) is 13.2. The Bertz CT molecular complexity index is 634. The maximum atomic E-state index is 11.9. The Balaban J connectivity index is 1.71. The molecule has 1 amide bonds. The lowest BCUT2D eigenvalue weighted by atomic mass is 10.0. The number of hydrogen-bond acceptors (Lipinski definition) is 2. The van der Waals surface area contributed by atoms with Gasteiger partial charge in [-0.25, -0.2) is 0 Å². The van der Waals surface area contributed by atoms with E-state index in [0.29, 0.717) is 13.0 Å². The second kappa shape index (κ2) is 8.04. The molecule has 0 unspecified atom stereocenters. The fourth-order valence-corrected chi connectivity index (χ4v) is 2.92. The van der Waals surface area contributed by atoms with Crippen molar-refractivity contribution in [3.63, 3.8) is 0 Å². The van der Waals surface area contributed by atoms with Crippen LogP contribution in [0.4, 0.5) is 0 Å². The first kappa shape index (κ1) is 16.6. The summed E-state index contributed by atoms with van der Waals surface area (Å²) in [6.07, 6.45) is 0.455. The van der Waals surface area contributed by atoms with Crippen molar-refractivity contribution in [1.29, 1.82) is 0 Å². The van der Waals surface area contributed by atoms with Crippen LogP contribution >= 0.6 is 11.8 Å². The van der Waals surface area contributed by atoms with E-state index in [1.54, 1.807) is 11.8 Å². The van der Waals surface area contributed by atoms with E-state index in [0.717, 1.165) is 11.3 Å². The van der Waals surface area contributed by atoms with E-state index in [4.69, 9.17) is 0 Å². The van der Waals surface area contributed by atoms with Crippen molar-refractivity contribution >= 4 is 17.7 Å². The maximum Gasteiger partial charge on any atom is 0.224 e. The van der Waals surface area contributed by atoms with Gasteiger partial charge in [-0.2, -0.15) is 0 Å². The average molecular weight is 313 g/mol. The van der Waals surface area contributed by atoms with E-state index in [1.165, 1.54) is 21.6 Å². The van der Waals surface area contributed by atoms with Crippen molar-refractivity contribution in [3.05, 3.63) is 64.7 Å². The maximum absolute atomic E-state index is 11.9. The minimum atomic E-state index is 0.0905. The monoisotopic (exact) mass is 313 g/mol. The molecular weight excluding hydrogens is 290 g/mol. The number of carbonyl (C=O) groups excluding carboxylic acids is 1. The van der Waals surface area contributed by atoms with Gasteiger partial charge in [0.2, 0.25) is 5.91 Å². The topological polar surface area (TPSA) is 29.1 Å². The molecule has 116 valence electrons. The molecule has 2 aromatic rings. The SMILES string of the molecule is Cc1ccc(SCCNC(=O)Cc2ccc(C)c(C)c2)cc1. The van der Waals surface area contributed by atoms with Crippen LogP contribution in [-0.2, 0) is 11.2 Å². The number of benzene rings is 2. The first-order chi connectivity index (χ1) is 10.5. The molecule has 2 nitrogen and oxygen atoms in total. The summed E-state index contributed by atoms with van der Waals surface area (Å²) in [5.74, 6) is 0.981. The first-order valence-corrected chi connectivity index (χ1v) is 8.55. The highest BCUT2D eigenvalue weighted by Crippen LogP contribution is 2.17. The molecule has 0 aliphatic rings. The van der Waals surface area contributed by atoms with Crippen molar-refractivity contribution < 1.29 is 4.79 Å². The highest BCUT2D eigenvalue weighted by Gasteiger charge is 2.04. The predicted octanol–water partition coefficient (Wildman–Crippen LogP) is 4.06. The molecule has 0 aliphatic carbocycles. The van der Waals surface area contributed by atoms with Crippen LogP contribution in [0.15, 0.2) is 47.4 Å². The number of aryl methyl sites for hydroxylation is 3. The summed E-state index contributed by atoms with van der Waals surface area (Å²) in [6.45, 7) is 6.94. The van der Waals surface area contributed by atoms with Crippen molar-refractivity contribution in [3.8, 4) is 0 Å². The van der Waals surface area contributed by atoms with Crippen LogP contribution in [0, 0.1) is 20.8 Å². The van der Waals surface area contributed by atoms with Gasteiger partial charge in [-0.3, -0.25) is 4.79 Å². The van der Waals surface area contributed by atoms with Gasteiger partial charge in [0.15, 0.2) is 0 Å². The lowest BCUT2D eigenvalue weighted by Gasteiger charge is -2.07. The zero-order chi connectivity index (χ0) is 15.9. The number of thioether (sulfide) groups is 1. The molecule has 0 radical (unpaired) electrons. The molecule has 3 heteroatoms. The fourth-order valence-electron chi connectivity index (χ4n) is 2.16. The minimum absolute atomic E-state index is 0.0905. The summed E-state index contributed by atoms with van der Waals surface area (Å²) in [7, 11) is 0. The lowest BCUT2D eigenvalue weighted by molar-refractivity contribution is -0.120. The summed E-state index contributed by atoms with van der Waals surface area (Å²) in [6, 6.07) is 14.7. The number of amides is 1. The largest absolute Gasteiger partial charge is 0.355 e. The van der Waals surface area contributed by atoms with Crippen LogP contribution in [-0.4, -0.2) is 18.2 Å². The van der Waals surface area contributed by atoms with Crippen LogP contribution in [0.25, 0.3) is 0 Å². The van der Waals surface area contributed by atoms with Gasteiger partial charge in [0.05, 0.1) is 6.42 Å². The number of carbonyl (C=O) groups is 1. The molecule has 0 bridgehead atoms. The highest BCUT2D eigenvalue weighted by atomic mass is 32.2. The van der Waals surface area contributed by atoms with Crippen LogP contribution in [0.3, 0.4) is 0 Å². The predicted molar refractivity (Wildman–Crippen MR) is 94.5 cm³/mol. The number of nitrogens with one attached hydrogen (secondary N) is 1. The van der Waals surface area contributed by atoms with Gasteiger partial charge in [0.25, 0.3) is 0 Å². The van der Waals surface area contributed by atoms with Gasteiger partial charge in [-0.1, -0.05) is 35.9 Å². The number of rotatable bonds is 6. The van der Waals surface area contributed by atoms with Gasteiger partial charge in [0, 0.05) is 17.2 Å². The molecule has 0 saturated heterocycles. The summed E-state index contributed by atoms with van der Waals surface area (Å²) >= 11 is 1.77. The second-order valence-electron chi connectivity index (χ2n) is 5.61. The molecular formula is C19H23NOS. The minimum Gasteiger partial charge on any atom is -0.355 e. The third-order valence-corrected chi connectivity index (χ3v) is 4.66. The van der Waals surface area contributed by atoms with Crippen molar-refractivity contribution in [1.82, 2.24) is 5.32 Å². The van der Waals surface area contributed by atoms with Gasteiger partial charge < -0.3 is 5.32 Å². The van der Waals surface area contributed by atoms with Crippen LogP contribution < -0.4 is 5.32 Å². The molecule has 1 N–H and O–H groups in total. The van der Waals surface area contributed by atoms with E-state index >= 15 is 0 Å². The molecule has 0 heterocycles. The van der Waals surface area contributed by atoms with E-state index < -0.39 is 0 Å². The van der Waals surface area contributed by atoms with Crippen molar-refractivity contribution in [2.24, 2.45) is 0 Å². The summed E-state index contributed by atoms with van der Waals surface area (Å²) < 4.78 is 0. The molecule has 0 spiro atoms. The summed E-state index contributed by atoms with van der Waals surface area (Å²) in [5, 5.41) is 2.99. The van der Waals surface area contributed by atoms with Crippen molar-refractivity contribution in [2.45, 2.75) is 32.1 Å².